The lowest BCUT2D eigenvalue weighted by molar-refractivity contribution is -0.870. The Hall–Kier alpha value is -1.80. The summed E-state index contributed by atoms with van der Waals surface area (Å²) in [5.41, 5.74) is 0. The molecule has 0 saturated heterocycles. The molecule has 85 heavy (non-hydrogen) atoms. The van der Waals surface area contributed by atoms with Crippen molar-refractivity contribution in [3.8, 4) is 0 Å². The first kappa shape index (κ1) is 83.2. The maximum Gasteiger partial charge on any atom is 0.472 e. The predicted molar refractivity (Wildman–Crippen MR) is 374 cm³/mol. The smallest absolute Gasteiger partial charge is 0.387 e. The van der Waals surface area contributed by atoms with E-state index < -0.39 is 20.0 Å². The molecule has 8 nitrogen and oxygen atoms in total. The molecule has 0 saturated carbocycles. The maximum absolute atomic E-state index is 13.1. The van der Waals surface area contributed by atoms with Crippen LogP contribution in [0.15, 0.2) is 60.8 Å². The van der Waals surface area contributed by atoms with Crippen LogP contribution in [-0.4, -0.2) is 73.4 Å². The van der Waals surface area contributed by atoms with Crippen LogP contribution in [0.1, 0.15) is 367 Å². The Morgan fingerprint density at radius 1 is 0.412 bits per heavy atom. The molecule has 500 valence electrons. The minimum atomic E-state index is -4.36. The van der Waals surface area contributed by atoms with E-state index in [4.69, 9.17) is 9.05 Å². The van der Waals surface area contributed by atoms with Crippen LogP contribution >= 0.6 is 7.82 Å². The fraction of sp³-hybridized carbons (Fsp3) is 0.855. The van der Waals surface area contributed by atoms with Crippen LogP contribution in [-0.2, 0) is 18.4 Å². The van der Waals surface area contributed by atoms with E-state index in [0.717, 1.165) is 64.2 Å². The number of nitrogens with one attached hydrogen (secondary N) is 1. The van der Waals surface area contributed by atoms with Gasteiger partial charge in [0.2, 0.25) is 5.91 Å². The van der Waals surface area contributed by atoms with Crippen LogP contribution in [0.5, 0.6) is 0 Å². The summed E-state index contributed by atoms with van der Waals surface area (Å²) in [6, 6.07) is -0.849. The number of nitrogens with zero attached hydrogens (tertiary/aromatic N) is 1. The number of aliphatic hydroxyl groups excluding tert-OH is 1. The highest BCUT2D eigenvalue weighted by atomic mass is 31.2. The number of allylic oxidation sites excluding steroid dienone is 9. The maximum atomic E-state index is 13.1. The van der Waals surface area contributed by atoms with Gasteiger partial charge in [-0.3, -0.25) is 13.8 Å². The fourth-order valence-electron chi connectivity index (χ4n) is 11.3. The third kappa shape index (κ3) is 69.5. The van der Waals surface area contributed by atoms with Gasteiger partial charge < -0.3 is 19.8 Å². The standard InChI is InChI=1S/C76H145N2O6P/c1-6-8-10-12-14-16-18-20-22-24-26-28-30-32-34-36-38-39-40-42-44-46-48-50-52-54-56-58-60-62-64-66-68-70-76(80)77-74(73-84-85(81,82)83-72-71-78(3,4)5)75(79)69-67-65-63-61-59-57-55-53-51-49-47-45-43-41-37-35-33-31-29-27-25-23-21-19-17-15-13-11-9-7-2/h8,10,14,16,20,22,26,28,67,69,74-75,79H,6-7,9,11-13,15,17-19,21,23-25,27,29-66,68,70-73H2,1-5H3,(H-,77,80,81,82)/p+1/b10-8-,16-14-,22-20-,28-26-,69-67+. The molecule has 0 aromatic carbocycles. The molecule has 3 atom stereocenters. The number of carbonyl (C=O) groups excluding carboxylic acids is 1. The van der Waals surface area contributed by atoms with Crippen molar-refractivity contribution in [1.82, 2.24) is 5.32 Å². The Bertz CT molecular complexity index is 1570. The monoisotopic (exact) mass is 1210 g/mol. The molecule has 0 rings (SSSR count). The van der Waals surface area contributed by atoms with Crippen LogP contribution in [0.25, 0.3) is 0 Å². The number of likely N-dealkylation sites (N-methyl/N-ethyl adjacent to an activating group) is 1. The van der Waals surface area contributed by atoms with E-state index in [1.54, 1.807) is 6.08 Å². The van der Waals surface area contributed by atoms with Gasteiger partial charge in [0.15, 0.2) is 0 Å². The summed E-state index contributed by atoms with van der Waals surface area (Å²) in [7, 11) is 1.59. The second-order valence-corrected chi connectivity index (χ2v) is 28.1. The second-order valence-electron chi connectivity index (χ2n) is 26.6. The van der Waals surface area contributed by atoms with E-state index in [2.05, 4.69) is 67.8 Å². The molecule has 0 aliphatic heterocycles. The Kier molecular flexibility index (Phi) is 65.2. The molecule has 3 unspecified atom stereocenters. The number of phosphoric acid groups is 1. The summed E-state index contributed by atoms with van der Waals surface area (Å²) >= 11 is 0. The molecule has 0 bridgehead atoms. The van der Waals surface area contributed by atoms with E-state index in [0.29, 0.717) is 17.4 Å². The lowest BCUT2D eigenvalue weighted by Crippen LogP contribution is -2.45. The predicted octanol–water partition coefficient (Wildman–Crippen LogP) is 23.9. The van der Waals surface area contributed by atoms with Crippen molar-refractivity contribution in [3.05, 3.63) is 60.8 Å². The van der Waals surface area contributed by atoms with Gasteiger partial charge in [-0.2, -0.15) is 0 Å². The van der Waals surface area contributed by atoms with E-state index >= 15 is 0 Å². The second kappa shape index (κ2) is 66.6. The van der Waals surface area contributed by atoms with E-state index in [-0.39, 0.29) is 19.1 Å². The van der Waals surface area contributed by atoms with Crippen molar-refractivity contribution in [2.24, 2.45) is 0 Å². The molecule has 0 heterocycles. The van der Waals surface area contributed by atoms with Crippen LogP contribution in [0.2, 0.25) is 0 Å². The quantitative estimate of drug-likeness (QED) is 0.0243. The Balaban J connectivity index is 4.01. The lowest BCUT2D eigenvalue weighted by Gasteiger charge is -2.25. The largest absolute Gasteiger partial charge is 0.472 e. The molecule has 1 amide bonds. The SMILES string of the molecule is CC/C=C\C/C=C\C/C=C\C/C=C\CCCCCCCCCCCCCCCCCCCCCCC(=O)NC(COP(=O)(O)OCC[N+](C)(C)C)C(O)/C=C/CCCCCCCCCCCCCCCCCCCCCCCCCCCCCC. The van der Waals surface area contributed by atoms with Crippen molar-refractivity contribution >= 4 is 13.7 Å². The first-order valence-electron chi connectivity index (χ1n) is 37.2. The Labute approximate surface area is 530 Å². The number of carbonyl (C=O) groups is 1. The topological polar surface area (TPSA) is 105 Å². The first-order chi connectivity index (χ1) is 41.5. The highest BCUT2D eigenvalue weighted by Crippen LogP contribution is 2.43. The van der Waals surface area contributed by atoms with Crippen LogP contribution < -0.4 is 5.32 Å². The molecule has 0 aromatic rings. The van der Waals surface area contributed by atoms with Gasteiger partial charge >= 0.3 is 7.82 Å². The number of hydrogen-bond acceptors (Lipinski definition) is 5. The molecule has 0 fully saturated rings. The number of amides is 1. The summed E-state index contributed by atoms with van der Waals surface area (Å²) in [5.74, 6) is -0.170. The van der Waals surface area contributed by atoms with Crippen LogP contribution in [0.3, 0.4) is 0 Å². The van der Waals surface area contributed by atoms with Crippen molar-refractivity contribution in [2.45, 2.75) is 379 Å². The molecular formula is C76H146N2O6P+. The number of aliphatic hydroxyl groups is 1. The highest BCUT2D eigenvalue weighted by molar-refractivity contribution is 7.47. The summed E-state index contributed by atoms with van der Waals surface area (Å²) in [5, 5.41) is 14.0. The van der Waals surface area contributed by atoms with Gasteiger partial charge in [0, 0.05) is 6.42 Å². The van der Waals surface area contributed by atoms with Crippen LogP contribution in [0.4, 0.5) is 0 Å². The lowest BCUT2D eigenvalue weighted by atomic mass is 10.0. The molecular weight excluding hydrogens is 1070 g/mol. The van der Waals surface area contributed by atoms with Crippen LogP contribution in [0, 0.1) is 0 Å². The van der Waals surface area contributed by atoms with Gasteiger partial charge in [-0.25, -0.2) is 4.57 Å². The van der Waals surface area contributed by atoms with E-state index in [1.807, 2.05) is 27.2 Å². The van der Waals surface area contributed by atoms with Crippen molar-refractivity contribution < 1.29 is 32.9 Å². The summed E-state index contributed by atoms with van der Waals surface area (Å²) in [4.78, 5) is 23.5. The molecule has 0 aliphatic carbocycles. The molecule has 0 spiro atoms. The first-order valence-corrected chi connectivity index (χ1v) is 38.7. The average molecular weight is 1210 g/mol. The summed E-state index contributed by atoms with van der Waals surface area (Å²) in [6.07, 6.45) is 92.4. The minimum absolute atomic E-state index is 0.0625. The summed E-state index contributed by atoms with van der Waals surface area (Å²) < 4.78 is 23.9. The fourth-order valence-corrected chi connectivity index (χ4v) is 12.0. The number of phosphoric ester groups is 1. The van der Waals surface area contributed by atoms with Gasteiger partial charge in [-0.1, -0.05) is 364 Å². The van der Waals surface area contributed by atoms with E-state index in [1.165, 1.54) is 283 Å². The van der Waals surface area contributed by atoms with E-state index in [9.17, 15) is 19.4 Å². The van der Waals surface area contributed by atoms with Gasteiger partial charge in [0.05, 0.1) is 39.9 Å². The zero-order valence-corrected chi connectivity index (χ0v) is 58.3. The molecule has 0 radical (unpaired) electrons. The summed E-state index contributed by atoms with van der Waals surface area (Å²) in [6.45, 7) is 4.76. The Morgan fingerprint density at radius 3 is 1.04 bits per heavy atom. The number of hydrogen-bond donors (Lipinski definition) is 3. The number of rotatable bonds is 69. The van der Waals surface area contributed by atoms with Gasteiger partial charge in [-0.05, 0) is 57.8 Å². The molecule has 3 N–H and O–H groups in total. The molecule has 0 aromatic heterocycles. The van der Waals surface area contributed by atoms with Crippen molar-refractivity contribution in [1.29, 1.82) is 0 Å². The van der Waals surface area contributed by atoms with Gasteiger partial charge in [0.1, 0.15) is 13.2 Å². The zero-order valence-electron chi connectivity index (χ0n) is 57.4. The van der Waals surface area contributed by atoms with Crippen molar-refractivity contribution in [3.63, 3.8) is 0 Å². The zero-order chi connectivity index (χ0) is 61.9. The molecule has 9 heteroatoms. The Morgan fingerprint density at radius 2 is 0.706 bits per heavy atom. The third-order valence-electron chi connectivity index (χ3n) is 17.0. The normalized spacial score (nSPS) is 13.9. The average Bonchev–Trinajstić information content (AvgIpc) is 3.49. The number of unbranched alkanes of at least 4 members (excludes halogenated alkanes) is 48. The molecule has 0 aliphatic rings. The number of quaternary nitrogens is 1. The minimum Gasteiger partial charge on any atom is -0.387 e. The third-order valence-corrected chi connectivity index (χ3v) is 18.0. The van der Waals surface area contributed by atoms with Gasteiger partial charge in [0.25, 0.3) is 0 Å². The van der Waals surface area contributed by atoms with Gasteiger partial charge in [-0.15, -0.1) is 0 Å². The highest BCUT2D eigenvalue weighted by Gasteiger charge is 2.28. The van der Waals surface area contributed by atoms with Crippen molar-refractivity contribution in [2.75, 3.05) is 40.9 Å².